The summed E-state index contributed by atoms with van der Waals surface area (Å²) in [5.74, 6) is 0. The molecule has 1 unspecified atom stereocenters. The zero-order valence-corrected chi connectivity index (χ0v) is 10.8. The summed E-state index contributed by atoms with van der Waals surface area (Å²) in [6.07, 6.45) is 6.05. The lowest BCUT2D eigenvalue weighted by atomic mass is 10.1. The number of thiazole rings is 1. The average Bonchev–Trinajstić information content (AvgIpc) is 2.84. The number of hydrogen-bond donors (Lipinski definition) is 1. The van der Waals surface area contributed by atoms with Crippen molar-refractivity contribution in [2.75, 3.05) is 26.2 Å². The van der Waals surface area contributed by atoms with Crippen molar-refractivity contribution in [3.63, 3.8) is 0 Å². The summed E-state index contributed by atoms with van der Waals surface area (Å²) in [5.41, 5.74) is 0. The van der Waals surface area contributed by atoms with Gasteiger partial charge in [0.1, 0.15) is 5.01 Å². The van der Waals surface area contributed by atoms with Crippen molar-refractivity contribution in [3.05, 3.63) is 16.6 Å². The normalized spacial score (nSPS) is 19.8. The van der Waals surface area contributed by atoms with Crippen LogP contribution in [0, 0.1) is 0 Å². The van der Waals surface area contributed by atoms with Crippen LogP contribution in [0.4, 0.5) is 0 Å². The molecule has 1 N–H and O–H groups in total. The molecule has 2 rings (SSSR count). The van der Waals surface area contributed by atoms with Gasteiger partial charge in [0, 0.05) is 24.7 Å². The number of aromatic nitrogens is 1. The molecule has 1 aromatic heterocycles. The number of likely N-dealkylation sites (tertiary alicyclic amines) is 1. The van der Waals surface area contributed by atoms with E-state index >= 15 is 0 Å². The lowest BCUT2D eigenvalue weighted by Gasteiger charge is -2.26. The lowest BCUT2D eigenvalue weighted by molar-refractivity contribution is 0.227. The van der Waals surface area contributed by atoms with E-state index in [1.54, 1.807) is 11.3 Å². The van der Waals surface area contributed by atoms with Crippen LogP contribution in [-0.2, 0) is 0 Å². The molecule has 0 bridgehead atoms. The first kappa shape index (κ1) is 12.0. The van der Waals surface area contributed by atoms with E-state index in [0.717, 1.165) is 6.54 Å². The molecule has 0 aliphatic carbocycles. The Morgan fingerprint density at radius 3 is 2.94 bits per heavy atom. The van der Waals surface area contributed by atoms with Crippen molar-refractivity contribution in [3.8, 4) is 0 Å². The first-order valence-electron chi connectivity index (χ1n) is 6.21. The summed E-state index contributed by atoms with van der Waals surface area (Å²) in [6.45, 7) is 7.01. The largest absolute Gasteiger partial charge is 0.307 e. The maximum Gasteiger partial charge on any atom is 0.109 e. The molecule has 1 atom stereocenters. The summed E-state index contributed by atoms with van der Waals surface area (Å²) >= 11 is 1.73. The van der Waals surface area contributed by atoms with E-state index < -0.39 is 0 Å². The van der Waals surface area contributed by atoms with Crippen molar-refractivity contribution in [2.45, 2.75) is 32.2 Å². The van der Waals surface area contributed by atoms with Crippen molar-refractivity contribution in [1.82, 2.24) is 15.2 Å². The monoisotopic (exact) mass is 239 g/mol. The fourth-order valence-electron chi connectivity index (χ4n) is 2.16. The zero-order chi connectivity index (χ0) is 11.2. The molecule has 0 aromatic carbocycles. The van der Waals surface area contributed by atoms with Crippen LogP contribution in [0.15, 0.2) is 11.6 Å². The Morgan fingerprint density at radius 1 is 1.44 bits per heavy atom. The Labute approximate surface area is 102 Å². The van der Waals surface area contributed by atoms with Crippen LogP contribution in [0.2, 0.25) is 0 Å². The van der Waals surface area contributed by atoms with E-state index in [2.05, 4.69) is 22.1 Å². The van der Waals surface area contributed by atoms with E-state index in [-0.39, 0.29) is 0 Å². The molecule has 0 radical (unpaired) electrons. The molecule has 3 nitrogen and oxygen atoms in total. The summed E-state index contributed by atoms with van der Waals surface area (Å²) < 4.78 is 0. The minimum atomic E-state index is 0.393. The third-order valence-electron chi connectivity index (χ3n) is 3.15. The average molecular weight is 239 g/mol. The maximum absolute atomic E-state index is 4.32. The Bertz CT molecular complexity index is 280. The molecule has 0 spiro atoms. The highest BCUT2D eigenvalue weighted by atomic mass is 32.1. The second kappa shape index (κ2) is 6.33. The Balaban J connectivity index is 1.63. The first-order valence-corrected chi connectivity index (χ1v) is 7.09. The predicted molar refractivity (Wildman–Crippen MR) is 68.8 cm³/mol. The van der Waals surface area contributed by atoms with Crippen LogP contribution in [0.5, 0.6) is 0 Å². The molecule has 16 heavy (non-hydrogen) atoms. The standard InChI is InChI=1S/C12H21N3S/c1-11(12-14-6-10-16-12)13-5-9-15-7-3-2-4-8-15/h6,10-11,13H,2-5,7-9H2,1H3. The summed E-state index contributed by atoms with van der Waals surface area (Å²) in [4.78, 5) is 6.88. The van der Waals surface area contributed by atoms with Crippen LogP contribution in [-0.4, -0.2) is 36.1 Å². The van der Waals surface area contributed by atoms with Gasteiger partial charge in [-0.3, -0.25) is 0 Å². The summed E-state index contributed by atoms with van der Waals surface area (Å²) in [7, 11) is 0. The van der Waals surface area contributed by atoms with E-state index in [9.17, 15) is 0 Å². The predicted octanol–water partition coefficient (Wildman–Crippen LogP) is 2.28. The van der Waals surface area contributed by atoms with E-state index in [4.69, 9.17) is 0 Å². The van der Waals surface area contributed by atoms with Crippen LogP contribution in [0.25, 0.3) is 0 Å². The van der Waals surface area contributed by atoms with E-state index in [1.165, 1.54) is 43.9 Å². The van der Waals surface area contributed by atoms with Gasteiger partial charge < -0.3 is 10.2 Å². The quantitative estimate of drug-likeness (QED) is 0.854. The fourth-order valence-corrected chi connectivity index (χ4v) is 2.83. The van der Waals surface area contributed by atoms with Crippen LogP contribution >= 0.6 is 11.3 Å². The van der Waals surface area contributed by atoms with Crippen molar-refractivity contribution < 1.29 is 0 Å². The molecular formula is C12H21N3S. The van der Waals surface area contributed by atoms with Crippen LogP contribution in [0.3, 0.4) is 0 Å². The van der Waals surface area contributed by atoms with Gasteiger partial charge in [-0.1, -0.05) is 6.42 Å². The van der Waals surface area contributed by atoms with Gasteiger partial charge in [0.15, 0.2) is 0 Å². The third kappa shape index (κ3) is 3.54. The first-order chi connectivity index (χ1) is 7.86. The topological polar surface area (TPSA) is 28.2 Å². The molecule has 2 heterocycles. The zero-order valence-electron chi connectivity index (χ0n) is 9.98. The van der Waals surface area contributed by atoms with Gasteiger partial charge >= 0.3 is 0 Å². The number of nitrogens with one attached hydrogen (secondary N) is 1. The van der Waals surface area contributed by atoms with Crippen molar-refractivity contribution in [1.29, 1.82) is 0 Å². The lowest BCUT2D eigenvalue weighted by Crippen LogP contribution is -2.36. The highest BCUT2D eigenvalue weighted by Gasteiger charge is 2.11. The van der Waals surface area contributed by atoms with E-state index in [1.807, 2.05) is 11.6 Å². The Hall–Kier alpha value is -0.450. The van der Waals surface area contributed by atoms with Gasteiger partial charge in [-0.2, -0.15) is 0 Å². The second-order valence-electron chi connectivity index (χ2n) is 4.45. The van der Waals surface area contributed by atoms with Gasteiger partial charge in [0.05, 0.1) is 6.04 Å². The maximum atomic E-state index is 4.32. The highest BCUT2D eigenvalue weighted by molar-refractivity contribution is 7.09. The van der Waals surface area contributed by atoms with Crippen molar-refractivity contribution >= 4 is 11.3 Å². The van der Waals surface area contributed by atoms with Gasteiger partial charge in [0.25, 0.3) is 0 Å². The van der Waals surface area contributed by atoms with E-state index in [0.29, 0.717) is 6.04 Å². The fraction of sp³-hybridized carbons (Fsp3) is 0.750. The minimum absolute atomic E-state index is 0.393. The van der Waals surface area contributed by atoms with Gasteiger partial charge in [-0.15, -0.1) is 11.3 Å². The molecular weight excluding hydrogens is 218 g/mol. The van der Waals surface area contributed by atoms with Gasteiger partial charge in [-0.05, 0) is 32.9 Å². The smallest absolute Gasteiger partial charge is 0.109 e. The number of rotatable bonds is 5. The van der Waals surface area contributed by atoms with Crippen molar-refractivity contribution in [2.24, 2.45) is 0 Å². The molecule has 1 saturated heterocycles. The highest BCUT2D eigenvalue weighted by Crippen LogP contribution is 2.14. The van der Waals surface area contributed by atoms with Gasteiger partial charge in [0.2, 0.25) is 0 Å². The Morgan fingerprint density at radius 2 is 2.25 bits per heavy atom. The number of piperidine rings is 1. The van der Waals surface area contributed by atoms with Gasteiger partial charge in [-0.25, -0.2) is 4.98 Å². The number of hydrogen-bond acceptors (Lipinski definition) is 4. The van der Waals surface area contributed by atoms with Crippen LogP contribution < -0.4 is 5.32 Å². The molecule has 90 valence electrons. The SMILES string of the molecule is CC(NCCN1CCCCC1)c1nccs1. The third-order valence-corrected chi connectivity index (χ3v) is 4.11. The minimum Gasteiger partial charge on any atom is -0.307 e. The molecule has 1 aliphatic heterocycles. The summed E-state index contributed by atoms with van der Waals surface area (Å²) in [6, 6.07) is 0.393. The Kier molecular flexibility index (Phi) is 4.75. The second-order valence-corrected chi connectivity index (χ2v) is 5.37. The summed E-state index contributed by atoms with van der Waals surface area (Å²) in [5, 5.41) is 6.77. The molecule has 0 saturated carbocycles. The molecule has 1 fully saturated rings. The number of nitrogens with zero attached hydrogens (tertiary/aromatic N) is 2. The molecule has 0 amide bonds. The molecule has 1 aliphatic rings. The molecule has 4 heteroatoms. The van der Waals surface area contributed by atoms with Crippen LogP contribution in [0.1, 0.15) is 37.2 Å². The molecule has 1 aromatic rings.